The lowest BCUT2D eigenvalue weighted by atomic mass is 9.98. The second kappa shape index (κ2) is 19.0. The lowest BCUT2D eigenvalue weighted by Gasteiger charge is -2.36. The summed E-state index contributed by atoms with van der Waals surface area (Å²) in [6.45, 7) is 2.97. The molecule has 1 aliphatic heterocycles. The number of nitrogens with one attached hydrogen (secondary N) is 2. The molecule has 0 spiro atoms. The smallest absolute Gasteiger partial charge is 0.293 e. The van der Waals surface area contributed by atoms with Gasteiger partial charge in [-0.2, -0.15) is 0 Å². The summed E-state index contributed by atoms with van der Waals surface area (Å²) in [6.07, 6.45) is 2.00. The Morgan fingerprint density at radius 3 is 2.30 bits per heavy atom. The molecule has 1 saturated heterocycles. The van der Waals surface area contributed by atoms with E-state index in [2.05, 4.69) is 24.9 Å². The van der Waals surface area contributed by atoms with Gasteiger partial charge in [0, 0.05) is 85.4 Å². The van der Waals surface area contributed by atoms with Crippen LogP contribution in [0.3, 0.4) is 0 Å². The van der Waals surface area contributed by atoms with Gasteiger partial charge in [-0.25, -0.2) is 18.4 Å². The molecule has 2 N–H and O–H groups in total. The number of nitro benzene ring substituents is 1. The van der Waals surface area contributed by atoms with E-state index in [1.54, 1.807) is 17.8 Å². The zero-order valence-corrected chi connectivity index (χ0v) is 36.2. The van der Waals surface area contributed by atoms with Crippen LogP contribution in [0.1, 0.15) is 16.8 Å². The van der Waals surface area contributed by atoms with Crippen molar-refractivity contribution in [3.63, 3.8) is 0 Å². The fourth-order valence-electron chi connectivity index (χ4n) is 7.20. The Bertz CT molecular complexity index is 2600. The third kappa shape index (κ3) is 10.4. The first-order valence-corrected chi connectivity index (χ1v) is 22.4. The van der Waals surface area contributed by atoms with Crippen molar-refractivity contribution >= 4 is 67.2 Å². The largest absolute Gasteiger partial charge is 0.378 e. The minimum atomic E-state index is -4.30. The van der Waals surface area contributed by atoms with Gasteiger partial charge < -0.3 is 24.9 Å². The summed E-state index contributed by atoms with van der Waals surface area (Å²) in [7, 11) is 3.63. The van der Waals surface area contributed by atoms with Crippen LogP contribution in [0.5, 0.6) is 0 Å². The number of amides is 1. The molecule has 1 atom stereocenters. The number of nitro groups is 1. The van der Waals surface area contributed by atoms with E-state index in [-0.39, 0.29) is 34.0 Å². The lowest BCUT2D eigenvalue weighted by molar-refractivity contribution is -0.384. The monoisotopic (exact) mass is 859 g/mol. The summed E-state index contributed by atoms with van der Waals surface area (Å²) in [4.78, 5) is 43.2. The molecular weight excluding hydrogens is 811 g/mol. The highest BCUT2D eigenvalue weighted by Gasteiger charge is 2.27. The van der Waals surface area contributed by atoms with E-state index >= 15 is 0 Å². The van der Waals surface area contributed by atoms with Gasteiger partial charge in [0.2, 0.25) is 0 Å². The maximum Gasteiger partial charge on any atom is 0.293 e. The number of hydrogen-bond acceptors (Lipinski definition) is 12. The van der Waals surface area contributed by atoms with Crippen molar-refractivity contribution in [3.8, 4) is 11.1 Å². The number of sulfonamides is 1. The highest BCUT2D eigenvalue weighted by molar-refractivity contribution is 7.99. The van der Waals surface area contributed by atoms with E-state index in [0.29, 0.717) is 54.8 Å². The topological polar surface area (TPSA) is 157 Å². The number of rotatable bonds is 16. The molecule has 0 radical (unpaired) electrons. The quantitative estimate of drug-likeness (QED) is 0.0560. The zero-order valence-electron chi connectivity index (χ0n) is 34.6. The second-order valence-electron chi connectivity index (χ2n) is 15.3. The first-order valence-electron chi connectivity index (χ1n) is 19.9. The Balaban J connectivity index is 1.03. The number of aromatic nitrogens is 2. The van der Waals surface area contributed by atoms with Crippen LogP contribution in [0, 0.1) is 10.1 Å². The minimum absolute atomic E-state index is 0.0199. The van der Waals surface area contributed by atoms with Crippen LogP contribution in [0.25, 0.3) is 22.0 Å². The van der Waals surface area contributed by atoms with Gasteiger partial charge in [0.05, 0.1) is 15.3 Å². The fraction of sp³-hybridized carbons (Fsp3) is 0.267. The number of carbonyl (C=O) groups excluding carboxylic acids is 1. The molecule has 16 heteroatoms. The van der Waals surface area contributed by atoms with Crippen molar-refractivity contribution in [1.29, 1.82) is 0 Å². The Hall–Kier alpha value is -6.23. The molecule has 1 fully saturated rings. The SMILES string of the molecule is CN(C)CC[C@H](CSc1ccccc1)Nc1ccc(S(=O)(=O)Nc2ncnc3cc(N4CCN(C(=O)c5ccccc5-c5ccc(N(C)C)cc5)CC4)ccc23)cc1[N+](=O)[O-]. The van der Waals surface area contributed by atoms with Crippen molar-refractivity contribution in [2.45, 2.75) is 22.3 Å². The molecule has 316 valence electrons. The molecule has 1 amide bonds. The molecular formula is C45H49N9O5S2. The summed E-state index contributed by atoms with van der Waals surface area (Å²) in [6, 6.07) is 35.0. The van der Waals surface area contributed by atoms with Crippen LogP contribution in [-0.4, -0.2) is 112 Å². The van der Waals surface area contributed by atoms with E-state index in [1.807, 2.05) is 134 Å². The number of thioether (sulfide) groups is 1. The molecule has 0 saturated carbocycles. The van der Waals surface area contributed by atoms with Crippen LogP contribution in [0.15, 0.2) is 131 Å². The van der Waals surface area contributed by atoms with Gasteiger partial charge in [0.25, 0.3) is 21.6 Å². The Morgan fingerprint density at radius 1 is 0.869 bits per heavy atom. The predicted octanol–water partition coefficient (Wildman–Crippen LogP) is 7.56. The van der Waals surface area contributed by atoms with Crippen molar-refractivity contribution < 1.29 is 18.1 Å². The maximum atomic E-state index is 13.9. The molecule has 1 aliphatic rings. The number of benzene rings is 5. The number of carbonyl (C=O) groups is 1. The first-order chi connectivity index (χ1) is 29.4. The second-order valence-corrected chi connectivity index (χ2v) is 18.1. The van der Waals surface area contributed by atoms with Crippen LogP contribution >= 0.6 is 11.8 Å². The van der Waals surface area contributed by atoms with Crippen molar-refractivity contribution in [2.75, 3.05) is 86.5 Å². The molecule has 0 unspecified atom stereocenters. The molecule has 0 aliphatic carbocycles. The van der Waals surface area contributed by atoms with Crippen molar-refractivity contribution in [2.24, 2.45) is 0 Å². The van der Waals surface area contributed by atoms with E-state index in [0.717, 1.165) is 40.0 Å². The highest BCUT2D eigenvalue weighted by Crippen LogP contribution is 2.33. The normalized spacial score (nSPS) is 13.6. The standard InChI is InChI=1S/C45H49N9O5S2/c1-50(2)23-22-33(30-60-36-10-6-5-7-11-36)48-41-21-19-37(29-43(41)54(56)57)61(58,59)49-44-40-20-18-35(28-42(40)46-31-47-44)52-24-26-53(27-25-52)45(55)39-13-9-8-12-38(39)32-14-16-34(17-15-32)51(3)4/h5-21,28-29,31,33,48H,22-27,30H2,1-4H3,(H,46,47,49)/t33-/m1/s1. The average Bonchev–Trinajstić information content (AvgIpc) is 3.27. The molecule has 61 heavy (non-hydrogen) atoms. The van der Waals surface area contributed by atoms with E-state index in [4.69, 9.17) is 0 Å². The van der Waals surface area contributed by atoms with Gasteiger partial charge in [-0.15, -0.1) is 11.8 Å². The van der Waals surface area contributed by atoms with Crippen molar-refractivity contribution in [1.82, 2.24) is 19.8 Å². The van der Waals surface area contributed by atoms with Gasteiger partial charge in [0.15, 0.2) is 5.82 Å². The molecule has 7 rings (SSSR count). The van der Waals surface area contributed by atoms with Crippen LogP contribution < -0.4 is 19.8 Å². The number of anilines is 4. The lowest BCUT2D eigenvalue weighted by Crippen LogP contribution is -2.48. The minimum Gasteiger partial charge on any atom is -0.378 e. The third-order valence-corrected chi connectivity index (χ3v) is 13.1. The maximum absolute atomic E-state index is 13.9. The van der Waals surface area contributed by atoms with Crippen molar-refractivity contribution in [3.05, 3.63) is 137 Å². The summed E-state index contributed by atoms with van der Waals surface area (Å²) in [5.41, 5.74) is 4.89. The van der Waals surface area contributed by atoms with Gasteiger partial charge in [-0.1, -0.05) is 48.5 Å². The Morgan fingerprint density at radius 2 is 1.59 bits per heavy atom. The summed E-state index contributed by atoms with van der Waals surface area (Å²) in [5, 5.41) is 16.1. The highest BCUT2D eigenvalue weighted by atomic mass is 32.2. The molecule has 2 heterocycles. The molecule has 1 aromatic heterocycles. The fourth-order valence-corrected chi connectivity index (χ4v) is 9.25. The molecule has 0 bridgehead atoms. The molecule has 14 nitrogen and oxygen atoms in total. The van der Waals surface area contributed by atoms with Gasteiger partial charge in [-0.05, 0) is 98.9 Å². The van der Waals surface area contributed by atoms with E-state index in [9.17, 15) is 23.3 Å². The predicted molar refractivity (Wildman–Crippen MR) is 246 cm³/mol. The number of piperazine rings is 1. The number of nitrogens with zero attached hydrogens (tertiary/aromatic N) is 7. The zero-order chi connectivity index (χ0) is 43.1. The average molecular weight is 860 g/mol. The first kappa shape index (κ1) is 42.9. The summed E-state index contributed by atoms with van der Waals surface area (Å²) >= 11 is 1.65. The van der Waals surface area contributed by atoms with Gasteiger partial charge in [-0.3, -0.25) is 19.6 Å². The van der Waals surface area contributed by atoms with Crippen LogP contribution in [-0.2, 0) is 10.0 Å². The Labute approximate surface area is 360 Å². The van der Waals surface area contributed by atoms with Gasteiger partial charge >= 0.3 is 0 Å². The van der Waals surface area contributed by atoms with Crippen LogP contribution in [0.2, 0.25) is 0 Å². The third-order valence-electron chi connectivity index (χ3n) is 10.6. The van der Waals surface area contributed by atoms with E-state index < -0.39 is 14.9 Å². The summed E-state index contributed by atoms with van der Waals surface area (Å²) < 4.78 is 30.1. The number of hydrogen-bond donors (Lipinski definition) is 2. The molecule has 5 aromatic carbocycles. The Kier molecular flexibility index (Phi) is 13.4. The van der Waals surface area contributed by atoms with E-state index in [1.165, 1.54) is 18.5 Å². The van der Waals surface area contributed by atoms with Crippen LogP contribution in [0.4, 0.5) is 28.6 Å². The number of fused-ring (bicyclic) bond motifs is 1. The summed E-state index contributed by atoms with van der Waals surface area (Å²) in [5.74, 6) is 0.680. The van der Waals surface area contributed by atoms with Gasteiger partial charge in [0.1, 0.15) is 12.0 Å². The molecule has 6 aromatic rings.